The molecule has 0 amide bonds. The van der Waals surface area contributed by atoms with Gasteiger partial charge >= 0.3 is 0 Å². The van der Waals surface area contributed by atoms with Gasteiger partial charge in [-0.1, -0.05) is 18.5 Å². The fourth-order valence-electron chi connectivity index (χ4n) is 2.59. The standard InChI is InChI=1S/C13H22N2O2/c1-2-10-5-7-11(8-6-10)13-14-12(17-15-13)4-3-9-16/h10-11,16H,2-9H2,1H3. The predicted molar refractivity (Wildman–Crippen MR) is 64.7 cm³/mol. The van der Waals surface area contributed by atoms with Crippen LogP contribution in [0, 0.1) is 5.92 Å². The molecule has 4 nitrogen and oxygen atoms in total. The first-order chi connectivity index (χ1) is 8.33. The van der Waals surface area contributed by atoms with Crippen LogP contribution in [0.15, 0.2) is 4.52 Å². The van der Waals surface area contributed by atoms with Crippen LogP contribution < -0.4 is 0 Å². The largest absolute Gasteiger partial charge is 0.396 e. The summed E-state index contributed by atoms with van der Waals surface area (Å²) in [6, 6.07) is 0. The Morgan fingerprint density at radius 3 is 2.71 bits per heavy atom. The lowest BCUT2D eigenvalue weighted by Gasteiger charge is -2.25. The highest BCUT2D eigenvalue weighted by molar-refractivity contribution is 4.97. The molecule has 1 saturated carbocycles. The summed E-state index contributed by atoms with van der Waals surface area (Å²) in [6.45, 7) is 2.45. The molecule has 0 aromatic carbocycles. The van der Waals surface area contributed by atoms with Gasteiger partial charge in [0.2, 0.25) is 5.89 Å². The number of aryl methyl sites for hydroxylation is 1. The fourth-order valence-corrected chi connectivity index (χ4v) is 2.59. The first-order valence-corrected chi connectivity index (χ1v) is 6.76. The maximum absolute atomic E-state index is 8.75. The first kappa shape index (κ1) is 12.6. The van der Waals surface area contributed by atoms with Gasteiger partial charge in [-0.2, -0.15) is 4.98 Å². The van der Waals surface area contributed by atoms with Crippen molar-refractivity contribution in [2.45, 2.75) is 57.8 Å². The quantitative estimate of drug-likeness (QED) is 0.856. The Labute approximate surface area is 102 Å². The van der Waals surface area contributed by atoms with Crippen LogP contribution in [-0.2, 0) is 6.42 Å². The molecule has 17 heavy (non-hydrogen) atoms. The summed E-state index contributed by atoms with van der Waals surface area (Å²) in [6.07, 6.45) is 7.65. The number of hydrogen-bond acceptors (Lipinski definition) is 4. The van der Waals surface area contributed by atoms with Gasteiger partial charge in [-0.05, 0) is 38.0 Å². The minimum absolute atomic E-state index is 0.180. The van der Waals surface area contributed by atoms with Crippen molar-refractivity contribution < 1.29 is 9.63 Å². The molecule has 1 N–H and O–H groups in total. The van der Waals surface area contributed by atoms with Crippen LogP contribution in [0.4, 0.5) is 0 Å². The number of aromatic nitrogens is 2. The van der Waals surface area contributed by atoms with Crippen LogP contribution in [0.3, 0.4) is 0 Å². The van der Waals surface area contributed by atoms with Gasteiger partial charge in [0, 0.05) is 18.9 Å². The van der Waals surface area contributed by atoms with Crippen molar-refractivity contribution in [3.05, 3.63) is 11.7 Å². The summed E-state index contributed by atoms with van der Waals surface area (Å²) in [4.78, 5) is 4.43. The molecule has 2 rings (SSSR count). The van der Waals surface area contributed by atoms with Crippen molar-refractivity contribution in [2.75, 3.05) is 6.61 Å². The SMILES string of the molecule is CCC1CCC(c2noc(CCCO)n2)CC1. The van der Waals surface area contributed by atoms with Crippen molar-refractivity contribution in [1.82, 2.24) is 10.1 Å². The Morgan fingerprint density at radius 2 is 2.06 bits per heavy atom. The maximum Gasteiger partial charge on any atom is 0.226 e. The van der Waals surface area contributed by atoms with Crippen LogP contribution in [0.5, 0.6) is 0 Å². The van der Waals surface area contributed by atoms with Crippen LogP contribution in [0.25, 0.3) is 0 Å². The minimum Gasteiger partial charge on any atom is -0.396 e. The van der Waals surface area contributed by atoms with Crippen molar-refractivity contribution in [3.63, 3.8) is 0 Å². The summed E-state index contributed by atoms with van der Waals surface area (Å²) in [7, 11) is 0. The van der Waals surface area contributed by atoms with E-state index >= 15 is 0 Å². The number of hydrogen-bond donors (Lipinski definition) is 1. The van der Waals surface area contributed by atoms with Crippen molar-refractivity contribution in [3.8, 4) is 0 Å². The van der Waals surface area contributed by atoms with Crippen molar-refractivity contribution >= 4 is 0 Å². The van der Waals surface area contributed by atoms with Crippen molar-refractivity contribution in [1.29, 1.82) is 0 Å². The molecule has 0 bridgehead atoms. The predicted octanol–water partition coefficient (Wildman–Crippen LogP) is 2.68. The number of rotatable bonds is 5. The van der Waals surface area contributed by atoms with E-state index in [1.165, 1.54) is 32.1 Å². The van der Waals surface area contributed by atoms with Gasteiger partial charge in [-0.25, -0.2) is 0 Å². The van der Waals surface area contributed by atoms with Gasteiger partial charge in [-0.3, -0.25) is 0 Å². The van der Waals surface area contributed by atoms with E-state index < -0.39 is 0 Å². The fraction of sp³-hybridized carbons (Fsp3) is 0.846. The average molecular weight is 238 g/mol. The lowest BCUT2D eigenvalue weighted by molar-refractivity contribution is 0.277. The Morgan fingerprint density at radius 1 is 1.29 bits per heavy atom. The molecule has 0 atom stereocenters. The zero-order valence-electron chi connectivity index (χ0n) is 10.6. The highest BCUT2D eigenvalue weighted by Gasteiger charge is 2.24. The Hall–Kier alpha value is -0.900. The Balaban J connectivity index is 1.87. The van der Waals surface area contributed by atoms with Crippen LogP contribution in [0.2, 0.25) is 0 Å². The van der Waals surface area contributed by atoms with E-state index in [2.05, 4.69) is 17.1 Å². The Bertz CT molecular complexity index is 330. The summed E-state index contributed by atoms with van der Waals surface area (Å²) in [5, 5.41) is 12.8. The number of nitrogens with zero attached hydrogens (tertiary/aromatic N) is 2. The molecule has 1 aromatic rings. The van der Waals surface area contributed by atoms with E-state index in [1.54, 1.807) is 0 Å². The summed E-state index contributed by atoms with van der Waals surface area (Å²) in [5.74, 6) is 2.94. The molecule has 1 aromatic heterocycles. The number of aliphatic hydroxyl groups excluding tert-OH is 1. The normalized spacial score (nSPS) is 25.1. The molecule has 0 unspecified atom stereocenters. The highest BCUT2D eigenvalue weighted by Crippen LogP contribution is 2.35. The monoisotopic (exact) mass is 238 g/mol. The molecule has 96 valence electrons. The van der Waals surface area contributed by atoms with Gasteiger partial charge in [0.05, 0.1) is 0 Å². The van der Waals surface area contributed by atoms with Gasteiger partial charge in [0.15, 0.2) is 5.82 Å². The number of aliphatic hydroxyl groups is 1. The smallest absolute Gasteiger partial charge is 0.226 e. The second-order valence-corrected chi connectivity index (χ2v) is 5.00. The van der Waals surface area contributed by atoms with E-state index in [4.69, 9.17) is 9.63 Å². The van der Waals surface area contributed by atoms with Crippen molar-refractivity contribution in [2.24, 2.45) is 5.92 Å². The zero-order valence-corrected chi connectivity index (χ0v) is 10.6. The van der Waals surface area contributed by atoms with E-state index in [-0.39, 0.29) is 6.61 Å². The summed E-state index contributed by atoms with van der Waals surface area (Å²) >= 11 is 0. The maximum atomic E-state index is 8.75. The molecule has 1 fully saturated rings. The molecular formula is C13H22N2O2. The molecule has 0 aliphatic heterocycles. The molecule has 0 saturated heterocycles. The highest BCUT2D eigenvalue weighted by atomic mass is 16.5. The molecule has 1 aliphatic carbocycles. The first-order valence-electron chi connectivity index (χ1n) is 6.76. The van der Waals surface area contributed by atoms with Gasteiger partial charge < -0.3 is 9.63 Å². The van der Waals surface area contributed by atoms with E-state index in [0.29, 0.717) is 24.7 Å². The van der Waals surface area contributed by atoms with E-state index in [0.717, 1.165) is 11.7 Å². The van der Waals surface area contributed by atoms with Gasteiger partial charge in [-0.15, -0.1) is 0 Å². The lowest BCUT2D eigenvalue weighted by Crippen LogP contribution is -2.13. The van der Waals surface area contributed by atoms with Crippen LogP contribution >= 0.6 is 0 Å². The molecule has 0 spiro atoms. The van der Waals surface area contributed by atoms with Gasteiger partial charge in [0.1, 0.15) is 0 Å². The third-order valence-electron chi connectivity index (χ3n) is 3.82. The third-order valence-corrected chi connectivity index (χ3v) is 3.82. The second-order valence-electron chi connectivity index (χ2n) is 5.00. The van der Waals surface area contributed by atoms with E-state index in [9.17, 15) is 0 Å². The third kappa shape index (κ3) is 3.28. The zero-order chi connectivity index (χ0) is 12.1. The topological polar surface area (TPSA) is 59.2 Å². The summed E-state index contributed by atoms with van der Waals surface area (Å²) in [5.41, 5.74) is 0. The lowest BCUT2D eigenvalue weighted by atomic mass is 9.80. The summed E-state index contributed by atoms with van der Waals surface area (Å²) < 4.78 is 5.20. The minimum atomic E-state index is 0.180. The molecule has 4 heteroatoms. The second kappa shape index (κ2) is 6.15. The molecular weight excluding hydrogens is 216 g/mol. The molecule has 1 aliphatic rings. The van der Waals surface area contributed by atoms with Crippen LogP contribution in [-0.4, -0.2) is 21.9 Å². The average Bonchev–Trinajstić information content (AvgIpc) is 2.85. The van der Waals surface area contributed by atoms with E-state index in [1.807, 2.05) is 0 Å². The Kier molecular flexibility index (Phi) is 4.54. The van der Waals surface area contributed by atoms with Crippen LogP contribution in [0.1, 0.15) is 63.1 Å². The van der Waals surface area contributed by atoms with Gasteiger partial charge in [0.25, 0.3) is 0 Å². The molecule has 1 heterocycles. The molecule has 0 radical (unpaired) electrons.